The zero-order chi connectivity index (χ0) is 13.0. The quantitative estimate of drug-likeness (QED) is 0.708. The Labute approximate surface area is 103 Å². The van der Waals surface area contributed by atoms with Crippen molar-refractivity contribution in [1.29, 1.82) is 0 Å². The van der Waals surface area contributed by atoms with Gasteiger partial charge in [-0.15, -0.1) is 0 Å². The molecule has 1 rings (SSSR count). The van der Waals surface area contributed by atoms with E-state index in [0.29, 0.717) is 5.92 Å². The third-order valence-electron chi connectivity index (χ3n) is 2.86. The molecule has 0 spiro atoms. The van der Waals surface area contributed by atoms with Crippen LogP contribution in [-0.4, -0.2) is 28.0 Å². The van der Waals surface area contributed by atoms with Crippen molar-refractivity contribution in [3.05, 3.63) is 5.69 Å². The second-order valence-corrected chi connectivity index (χ2v) is 4.88. The first-order chi connectivity index (χ1) is 7.97. The van der Waals surface area contributed by atoms with Crippen molar-refractivity contribution in [1.82, 2.24) is 9.78 Å². The highest BCUT2D eigenvalue weighted by Gasteiger charge is 2.14. The molecular weight excluding hydrogens is 216 g/mol. The standard InChI is InChI=1S/C12H24N4O/c1-8(2)16-12(11(13)10(4)15-16)14-7-9(3)5-6-17/h8-9,14,17H,5-7,13H2,1-4H3. The van der Waals surface area contributed by atoms with E-state index < -0.39 is 0 Å². The lowest BCUT2D eigenvalue weighted by molar-refractivity contribution is 0.265. The van der Waals surface area contributed by atoms with Gasteiger partial charge in [0.1, 0.15) is 5.82 Å². The zero-order valence-electron chi connectivity index (χ0n) is 11.2. The summed E-state index contributed by atoms with van der Waals surface area (Å²) in [7, 11) is 0. The molecule has 5 heteroatoms. The van der Waals surface area contributed by atoms with Crippen molar-refractivity contribution in [2.24, 2.45) is 5.92 Å². The van der Waals surface area contributed by atoms with Gasteiger partial charge in [-0.1, -0.05) is 6.92 Å². The summed E-state index contributed by atoms with van der Waals surface area (Å²) >= 11 is 0. The molecular formula is C12H24N4O. The fourth-order valence-corrected chi connectivity index (χ4v) is 1.70. The molecule has 0 saturated heterocycles. The monoisotopic (exact) mass is 240 g/mol. The molecule has 1 aromatic rings. The molecule has 0 radical (unpaired) electrons. The first-order valence-corrected chi connectivity index (χ1v) is 6.16. The molecule has 0 aliphatic rings. The number of hydrogen-bond donors (Lipinski definition) is 3. The Hall–Kier alpha value is -1.23. The number of hydrogen-bond acceptors (Lipinski definition) is 4. The second-order valence-electron chi connectivity index (χ2n) is 4.88. The maximum Gasteiger partial charge on any atom is 0.148 e. The highest BCUT2D eigenvalue weighted by Crippen LogP contribution is 2.25. The minimum atomic E-state index is 0.223. The zero-order valence-corrected chi connectivity index (χ0v) is 11.2. The Kier molecular flexibility index (Phi) is 4.81. The Morgan fingerprint density at radius 1 is 1.41 bits per heavy atom. The highest BCUT2D eigenvalue weighted by molar-refractivity contribution is 5.64. The maximum absolute atomic E-state index is 8.87. The van der Waals surface area contributed by atoms with E-state index in [9.17, 15) is 0 Å². The van der Waals surface area contributed by atoms with Gasteiger partial charge in [-0.05, 0) is 33.1 Å². The van der Waals surface area contributed by atoms with Gasteiger partial charge < -0.3 is 16.2 Å². The summed E-state index contributed by atoms with van der Waals surface area (Å²) in [6, 6.07) is 0.279. The van der Waals surface area contributed by atoms with Gasteiger partial charge in [0.2, 0.25) is 0 Å². The molecule has 0 fully saturated rings. The van der Waals surface area contributed by atoms with Crippen molar-refractivity contribution in [3.8, 4) is 0 Å². The van der Waals surface area contributed by atoms with Gasteiger partial charge in [0.15, 0.2) is 0 Å². The molecule has 1 atom stereocenters. The van der Waals surface area contributed by atoms with E-state index in [2.05, 4.69) is 31.2 Å². The normalized spacial score (nSPS) is 13.1. The summed E-state index contributed by atoms with van der Waals surface area (Å²) < 4.78 is 1.91. The van der Waals surface area contributed by atoms with E-state index in [4.69, 9.17) is 10.8 Å². The summed E-state index contributed by atoms with van der Waals surface area (Å²) in [5.74, 6) is 1.30. The van der Waals surface area contributed by atoms with Gasteiger partial charge >= 0.3 is 0 Å². The van der Waals surface area contributed by atoms with E-state index >= 15 is 0 Å². The van der Waals surface area contributed by atoms with Crippen LogP contribution in [0.3, 0.4) is 0 Å². The van der Waals surface area contributed by atoms with Crippen LogP contribution in [0.5, 0.6) is 0 Å². The van der Waals surface area contributed by atoms with Crippen molar-refractivity contribution in [2.45, 2.75) is 40.2 Å². The molecule has 0 aliphatic carbocycles. The average Bonchev–Trinajstić information content (AvgIpc) is 2.54. The van der Waals surface area contributed by atoms with Crippen LogP contribution in [0, 0.1) is 12.8 Å². The van der Waals surface area contributed by atoms with E-state index in [-0.39, 0.29) is 12.6 Å². The topological polar surface area (TPSA) is 76.1 Å². The second kappa shape index (κ2) is 5.91. The van der Waals surface area contributed by atoms with Crippen molar-refractivity contribution < 1.29 is 5.11 Å². The number of nitrogen functional groups attached to an aromatic ring is 1. The summed E-state index contributed by atoms with van der Waals surface area (Å²) in [4.78, 5) is 0. The van der Waals surface area contributed by atoms with Crippen LogP contribution < -0.4 is 11.1 Å². The number of aryl methyl sites for hydroxylation is 1. The molecule has 98 valence electrons. The van der Waals surface area contributed by atoms with Gasteiger partial charge in [0.25, 0.3) is 0 Å². The SMILES string of the molecule is Cc1nn(C(C)C)c(NCC(C)CCO)c1N. The van der Waals surface area contributed by atoms with E-state index in [1.165, 1.54) is 0 Å². The van der Waals surface area contributed by atoms with Gasteiger partial charge in [-0.3, -0.25) is 0 Å². The number of aliphatic hydroxyl groups excluding tert-OH is 1. The molecule has 1 heterocycles. The van der Waals surface area contributed by atoms with E-state index in [0.717, 1.165) is 30.2 Å². The molecule has 0 amide bonds. The first kappa shape index (κ1) is 13.8. The summed E-state index contributed by atoms with van der Waals surface area (Å²) in [6.07, 6.45) is 0.793. The van der Waals surface area contributed by atoms with Crippen molar-refractivity contribution in [3.63, 3.8) is 0 Å². The number of aromatic nitrogens is 2. The molecule has 0 aromatic carbocycles. The van der Waals surface area contributed by atoms with Crippen LogP contribution in [0.25, 0.3) is 0 Å². The van der Waals surface area contributed by atoms with Crippen LogP contribution >= 0.6 is 0 Å². The van der Waals surface area contributed by atoms with Crippen molar-refractivity contribution in [2.75, 3.05) is 24.2 Å². The molecule has 4 N–H and O–H groups in total. The van der Waals surface area contributed by atoms with Crippen molar-refractivity contribution >= 4 is 11.5 Å². The minimum Gasteiger partial charge on any atom is -0.396 e. The summed E-state index contributed by atoms with van der Waals surface area (Å²) in [5, 5.41) is 16.6. The van der Waals surface area contributed by atoms with Crippen LogP contribution in [0.4, 0.5) is 11.5 Å². The molecule has 1 aromatic heterocycles. The minimum absolute atomic E-state index is 0.223. The van der Waals surface area contributed by atoms with Crippen LogP contribution in [-0.2, 0) is 0 Å². The van der Waals surface area contributed by atoms with Crippen LogP contribution in [0.1, 0.15) is 38.9 Å². The molecule has 5 nitrogen and oxygen atoms in total. The number of rotatable bonds is 6. The molecule has 0 bridgehead atoms. The van der Waals surface area contributed by atoms with E-state index in [1.807, 2.05) is 11.6 Å². The van der Waals surface area contributed by atoms with Gasteiger partial charge in [0.05, 0.1) is 11.4 Å². The first-order valence-electron chi connectivity index (χ1n) is 6.16. The van der Waals surface area contributed by atoms with Crippen LogP contribution in [0.15, 0.2) is 0 Å². The Balaban J connectivity index is 2.75. The smallest absolute Gasteiger partial charge is 0.148 e. The van der Waals surface area contributed by atoms with Gasteiger partial charge in [-0.2, -0.15) is 5.10 Å². The molecule has 1 unspecified atom stereocenters. The molecule has 0 aliphatic heterocycles. The Morgan fingerprint density at radius 2 is 2.06 bits per heavy atom. The third-order valence-corrected chi connectivity index (χ3v) is 2.86. The highest BCUT2D eigenvalue weighted by atomic mass is 16.3. The number of anilines is 2. The van der Waals surface area contributed by atoms with Gasteiger partial charge in [0, 0.05) is 19.2 Å². The third kappa shape index (κ3) is 3.36. The average molecular weight is 240 g/mol. The molecule has 0 saturated carbocycles. The Morgan fingerprint density at radius 3 is 2.59 bits per heavy atom. The number of nitrogens with two attached hydrogens (primary N) is 1. The molecule has 17 heavy (non-hydrogen) atoms. The fraction of sp³-hybridized carbons (Fsp3) is 0.750. The maximum atomic E-state index is 8.87. The van der Waals surface area contributed by atoms with Crippen LogP contribution in [0.2, 0.25) is 0 Å². The fourth-order valence-electron chi connectivity index (χ4n) is 1.70. The lowest BCUT2D eigenvalue weighted by Crippen LogP contribution is -2.17. The summed E-state index contributed by atoms with van der Waals surface area (Å²) in [6.45, 7) is 9.19. The number of nitrogens with one attached hydrogen (secondary N) is 1. The van der Waals surface area contributed by atoms with E-state index in [1.54, 1.807) is 0 Å². The Bertz CT molecular complexity index is 360. The number of aliphatic hydroxyl groups is 1. The lowest BCUT2D eigenvalue weighted by Gasteiger charge is -2.16. The predicted molar refractivity (Wildman–Crippen MR) is 71.1 cm³/mol. The predicted octanol–water partition coefficient (Wildman–Crippen LogP) is 1.79. The largest absolute Gasteiger partial charge is 0.396 e. The van der Waals surface area contributed by atoms with Gasteiger partial charge in [-0.25, -0.2) is 4.68 Å². The lowest BCUT2D eigenvalue weighted by atomic mass is 10.1. The number of nitrogens with zero attached hydrogens (tertiary/aromatic N) is 2. The summed E-state index contributed by atoms with van der Waals surface area (Å²) in [5.41, 5.74) is 7.58.